The van der Waals surface area contributed by atoms with Crippen molar-refractivity contribution >= 4 is 32.5 Å². The topological polar surface area (TPSA) is 95.2 Å². The van der Waals surface area contributed by atoms with Gasteiger partial charge in [-0.05, 0) is 44.4 Å². The van der Waals surface area contributed by atoms with Crippen LogP contribution in [0.5, 0.6) is 0 Å². The molecular formula is C18H26N4O3S. The molecule has 2 heterocycles. The standard InChI is InChI=1S/C18H26N4O3S/c1-3-4-11-26(24,25)22-9-7-14(8-10-22)18(23)19-15-5-6-16-13(2)20-21-17(16)12-15/h5-6,12,14H,3-4,7-11H2,1-2H3,(H,19,23)(H,20,21). The number of nitrogens with zero attached hydrogens (tertiary/aromatic N) is 2. The molecular weight excluding hydrogens is 352 g/mol. The van der Waals surface area contributed by atoms with Crippen molar-refractivity contribution in [2.45, 2.75) is 39.5 Å². The fourth-order valence-corrected chi connectivity index (χ4v) is 5.00. The summed E-state index contributed by atoms with van der Waals surface area (Å²) in [6, 6.07) is 5.65. The van der Waals surface area contributed by atoms with Crippen molar-refractivity contribution in [1.29, 1.82) is 0 Å². The molecule has 1 saturated heterocycles. The predicted octanol–water partition coefficient (Wildman–Crippen LogP) is 2.65. The second-order valence-electron chi connectivity index (χ2n) is 6.91. The van der Waals surface area contributed by atoms with E-state index in [0.29, 0.717) is 38.0 Å². The van der Waals surface area contributed by atoms with Crippen LogP contribution in [0.1, 0.15) is 38.3 Å². The Kier molecular flexibility index (Phi) is 5.62. The van der Waals surface area contributed by atoms with Crippen LogP contribution in [0.25, 0.3) is 10.9 Å². The number of sulfonamides is 1. The van der Waals surface area contributed by atoms with Crippen LogP contribution in [0.2, 0.25) is 0 Å². The molecule has 1 aliphatic rings. The minimum absolute atomic E-state index is 0.0535. The maximum absolute atomic E-state index is 12.5. The summed E-state index contributed by atoms with van der Waals surface area (Å²) in [6.45, 7) is 4.77. The first-order chi connectivity index (χ1) is 12.4. The zero-order valence-electron chi connectivity index (χ0n) is 15.3. The van der Waals surface area contributed by atoms with E-state index >= 15 is 0 Å². The number of hydrogen-bond donors (Lipinski definition) is 2. The Bertz CT molecular complexity index is 883. The van der Waals surface area contributed by atoms with Crippen molar-refractivity contribution < 1.29 is 13.2 Å². The SMILES string of the molecule is CCCCS(=O)(=O)N1CCC(C(=O)Nc2ccc3c(C)[nH]nc3c2)CC1. The van der Waals surface area contributed by atoms with Gasteiger partial charge in [0.1, 0.15) is 0 Å². The van der Waals surface area contributed by atoms with E-state index < -0.39 is 10.0 Å². The number of nitrogens with one attached hydrogen (secondary N) is 2. The highest BCUT2D eigenvalue weighted by molar-refractivity contribution is 7.89. The molecule has 0 bridgehead atoms. The van der Waals surface area contributed by atoms with E-state index in [2.05, 4.69) is 15.5 Å². The number of benzene rings is 1. The molecule has 1 amide bonds. The first kappa shape index (κ1) is 18.8. The maximum atomic E-state index is 12.5. The van der Waals surface area contributed by atoms with Crippen LogP contribution in [0.15, 0.2) is 18.2 Å². The third-order valence-corrected chi connectivity index (χ3v) is 6.94. The van der Waals surface area contributed by atoms with E-state index in [9.17, 15) is 13.2 Å². The molecule has 2 aromatic rings. The molecule has 2 N–H and O–H groups in total. The van der Waals surface area contributed by atoms with Crippen molar-refractivity contribution in [3.05, 3.63) is 23.9 Å². The molecule has 1 aromatic carbocycles. The third-order valence-electron chi connectivity index (χ3n) is 4.99. The lowest BCUT2D eigenvalue weighted by Crippen LogP contribution is -2.42. The number of piperidine rings is 1. The summed E-state index contributed by atoms with van der Waals surface area (Å²) in [4.78, 5) is 12.5. The number of aromatic nitrogens is 2. The van der Waals surface area contributed by atoms with Gasteiger partial charge < -0.3 is 5.32 Å². The second-order valence-corrected chi connectivity index (χ2v) is 9.00. The van der Waals surface area contributed by atoms with Gasteiger partial charge in [0.15, 0.2) is 0 Å². The highest BCUT2D eigenvalue weighted by atomic mass is 32.2. The van der Waals surface area contributed by atoms with E-state index in [0.717, 1.165) is 23.0 Å². The van der Waals surface area contributed by atoms with Gasteiger partial charge in [0.25, 0.3) is 0 Å². The average Bonchev–Trinajstić information content (AvgIpc) is 3.00. The number of aromatic amines is 1. The van der Waals surface area contributed by atoms with Crippen LogP contribution < -0.4 is 5.32 Å². The van der Waals surface area contributed by atoms with Crippen molar-refractivity contribution in [2.75, 3.05) is 24.2 Å². The predicted molar refractivity (Wildman–Crippen MR) is 102 cm³/mol. The lowest BCUT2D eigenvalue weighted by Gasteiger charge is -2.30. The van der Waals surface area contributed by atoms with E-state index in [1.165, 1.54) is 4.31 Å². The van der Waals surface area contributed by atoms with E-state index in [1.807, 2.05) is 32.0 Å². The number of amides is 1. The highest BCUT2D eigenvalue weighted by Gasteiger charge is 2.30. The summed E-state index contributed by atoms with van der Waals surface area (Å²) in [5, 5.41) is 11.1. The molecule has 0 atom stereocenters. The fraction of sp³-hybridized carbons (Fsp3) is 0.556. The molecule has 3 rings (SSSR count). The van der Waals surface area contributed by atoms with Crippen molar-refractivity contribution in [3.63, 3.8) is 0 Å². The minimum Gasteiger partial charge on any atom is -0.326 e. The largest absolute Gasteiger partial charge is 0.326 e. The molecule has 142 valence electrons. The molecule has 1 fully saturated rings. The van der Waals surface area contributed by atoms with Crippen molar-refractivity contribution in [2.24, 2.45) is 5.92 Å². The molecule has 7 nitrogen and oxygen atoms in total. The summed E-state index contributed by atoms with van der Waals surface area (Å²) in [5.74, 6) is -0.0184. The molecule has 0 spiro atoms. The summed E-state index contributed by atoms with van der Waals surface area (Å²) in [5.41, 5.74) is 2.53. The van der Waals surface area contributed by atoms with Gasteiger partial charge in [0.2, 0.25) is 15.9 Å². The third kappa shape index (κ3) is 4.07. The molecule has 0 unspecified atom stereocenters. The van der Waals surface area contributed by atoms with Gasteiger partial charge in [0, 0.05) is 35.8 Å². The lowest BCUT2D eigenvalue weighted by molar-refractivity contribution is -0.120. The normalized spacial score (nSPS) is 16.8. The number of carbonyl (C=O) groups is 1. The van der Waals surface area contributed by atoms with Crippen molar-refractivity contribution in [3.8, 4) is 0 Å². The summed E-state index contributed by atoms with van der Waals surface area (Å²) in [6.07, 6.45) is 2.65. The quantitative estimate of drug-likeness (QED) is 0.808. The molecule has 0 saturated carbocycles. The average molecular weight is 378 g/mol. The Morgan fingerprint density at radius 2 is 2.08 bits per heavy atom. The molecule has 8 heteroatoms. The maximum Gasteiger partial charge on any atom is 0.227 e. The number of fused-ring (bicyclic) bond motifs is 1. The van der Waals surface area contributed by atoms with Crippen LogP contribution in [-0.2, 0) is 14.8 Å². The van der Waals surface area contributed by atoms with Gasteiger partial charge in [-0.3, -0.25) is 9.89 Å². The number of hydrogen-bond acceptors (Lipinski definition) is 4. The first-order valence-electron chi connectivity index (χ1n) is 9.14. The lowest BCUT2D eigenvalue weighted by atomic mass is 9.97. The monoisotopic (exact) mass is 378 g/mol. The first-order valence-corrected chi connectivity index (χ1v) is 10.7. The van der Waals surface area contributed by atoms with E-state index in [1.54, 1.807) is 0 Å². The Labute approximate surface area is 154 Å². The molecule has 0 aliphatic carbocycles. The van der Waals surface area contributed by atoms with Crippen LogP contribution in [0.4, 0.5) is 5.69 Å². The van der Waals surface area contributed by atoms with Gasteiger partial charge in [-0.15, -0.1) is 0 Å². The summed E-state index contributed by atoms with van der Waals surface area (Å²) < 4.78 is 26.0. The van der Waals surface area contributed by atoms with Gasteiger partial charge in [-0.25, -0.2) is 12.7 Å². The number of carbonyl (C=O) groups excluding carboxylic acids is 1. The minimum atomic E-state index is -3.19. The fourth-order valence-electron chi connectivity index (χ4n) is 3.32. The number of unbranched alkanes of at least 4 members (excludes halogenated alkanes) is 1. The van der Waals surface area contributed by atoms with Crippen LogP contribution in [-0.4, -0.2) is 47.7 Å². The molecule has 0 radical (unpaired) electrons. The van der Waals surface area contributed by atoms with Crippen molar-refractivity contribution in [1.82, 2.24) is 14.5 Å². The summed E-state index contributed by atoms with van der Waals surface area (Å²) >= 11 is 0. The van der Waals surface area contributed by atoms with Gasteiger partial charge in [-0.1, -0.05) is 13.3 Å². The number of H-pyrrole nitrogens is 1. The van der Waals surface area contributed by atoms with Crippen LogP contribution in [0, 0.1) is 12.8 Å². The van der Waals surface area contributed by atoms with Gasteiger partial charge >= 0.3 is 0 Å². The Balaban J connectivity index is 1.57. The number of rotatable bonds is 6. The van der Waals surface area contributed by atoms with E-state index in [-0.39, 0.29) is 17.6 Å². The number of aryl methyl sites for hydroxylation is 1. The summed E-state index contributed by atoms with van der Waals surface area (Å²) in [7, 11) is -3.19. The smallest absolute Gasteiger partial charge is 0.227 e. The Morgan fingerprint density at radius 1 is 1.35 bits per heavy atom. The Morgan fingerprint density at radius 3 is 2.77 bits per heavy atom. The number of anilines is 1. The van der Waals surface area contributed by atoms with Crippen LogP contribution in [0.3, 0.4) is 0 Å². The zero-order chi connectivity index (χ0) is 18.7. The highest BCUT2D eigenvalue weighted by Crippen LogP contribution is 2.24. The molecule has 26 heavy (non-hydrogen) atoms. The van der Waals surface area contributed by atoms with Gasteiger partial charge in [0.05, 0.1) is 11.3 Å². The zero-order valence-corrected chi connectivity index (χ0v) is 16.1. The molecule has 1 aliphatic heterocycles. The Hall–Kier alpha value is -1.93. The second kappa shape index (κ2) is 7.75. The van der Waals surface area contributed by atoms with E-state index in [4.69, 9.17) is 0 Å². The van der Waals surface area contributed by atoms with Gasteiger partial charge in [-0.2, -0.15) is 5.10 Å². The van der Waals surface area contributed by atoms with Crippen LogP contribution >= 0.6 is 0 Å². The molecule has 1 aromatic heterocycles.